The first-order valence-corrected chi connectivity index (χ1v) is 6.41. The molecule has 0 heterocycles. The maximum atomic E-state index is 11.5. The average Bonchev–Trinajstić information content (AvgIpc) is 2.44. The molecule has 1 aromatic rings. The number of nitro groups is 1. The number of nitrogens with zero attached hydrogens (tertiary/aromatic N) is 1. The zero-order valence-corrected chi connectivity index (χ0v) is 11.3. The van der Waals surface area contributed by atoms with E-state index in [1.165, 1.54) is 24.3 Å². The van der Waals surface area contributed by atoms with Crippen molar-refractivity contribution in [3.63, 3.8) is 0 Å². The van der Waals surface area contributed by atoms with Gasteiger partial charge in [-0.25, -0.2) is 0 Å². The average molecular weight is 292 g/mol. The summed E-state index contributed by atoms with van der Waals surface area (Å²) < 4.78 is 0. The van der Waals surface area contributed by atoms with Gasteiger partial charge in [-0.1, -0.05) is 12.1 Å². The molecule has 0 radical (unpaired) electrons. The van der Waals surface area contributed by atoms with Crippen molar-refractivity contribution in [1.82, 2.24) is 5.32 Å². The van der Waals surface area contributed by atoms with Gasteiger partial charge in [0.15, 0.2) is 0 Å². The summed E-state index contributed by atoms with van der Waals surface area (Å²) in [6.45, 7) is 0.394. The van der Waals surface area contributed by atoms with Gasteiger partial charge in [0.2, 0.25) is 5.91 Å². The Kier molecular flexibility index (Phi) is 6.59. The molecule has 0 aromatic heterocycles. The smallest absolute Gasteiger partial charge is 0.303 e. The van der Waals surface area contributed by atoms with Crippen LogP contribution in [0.25, 0.3) is 6.08 Å². The molecule has 0 aliphatic heterocycles. The van der Waals surface area contributed by atoms with Crippen molar-refractivity contribution in [2.45, 2.75) is 19.3 Å². The molecule has 1 amide bonds. The van der Waals surface area contributed by atoms with Crippen molar-refractivity contribution < 1.29 is 19.6 Å². The molecule has 21 heavy (non-hydrogen) atoms. The molecule has 0 bridgehead atoms. The Hall–Kier alpha value is -2.70. The minimum absolute atomic E-state index is 0.0359. The largest absolute Gasteiger partial charge is 0.481 e. The van der Waals surface area contributed by atoms with E-state index in [2.05, 4.69) is 5.32 Å². The van der Waals surface area contributed by atoms with E-state index in [-0.39, 0.29) is 18.0 Å². The molecule has 2 N–H and O–H groups in total. The Balaban J connectivity index is 2.38. The molecule has 0 unspecified atom stereocenters. The quantitative estimate of drug-likeness (QED) is 0.329. The van der Waals surface area contributed by atoms with Crippen LogP contribution < -0.4 is 5.32 Å². The monoisotopic (exact) mass is 292 g/mol. The number of benzene rings is 1. The number of nitro benzene ring substituents is 1. The summed E-state index contributed by atoms with van der Waals surface area (Å²) in [6, 6.07) is 5.95. The van der Waals surface area contributed by atoms with Crippen LogP contribution in [0.15, 0.2) is 30.3 Å². The van der Waals surface area contributed by atoms with E-state index in [4.69, 9.17) is 5.11 Å². The second-order valence-electron chi connectivity index (χ2n) is 4.33. The number of aliphatic carboxylic acids is 1. The number of hydrogen-bond acceptors (Lipinski definition) is 4. The molecule has 0 spiro atoms. The van der Waals surface area contributed by atoms with Gasteiger partial charge in [-0.05, 0) is 24.5 Å². The molecule has 0 atom stereocenters. The topological polar surface area (TPSA) is 110 Å². The number of non-ortho nitro benzene ring substituents is 1. The summed E-state index contributed by atoms with van der Waals surface area (Å²) in [4.78, 5) is 31.9. The lowest BCUT2D eigenvalue weighted by atomic mass is 10.2. The van der Waals surface area contributed by atoms with E-state index in [0.29, 0.717) is 24.9 Å². The minimum atomic E-state index is -0.855. The van der Waals surface area contributed by atoms with E-state index in [1.807, 2.05) is 0 Å². The highest BCUT2D eigenvalue weighted by atomic mass is 16.6. The van der Waals surface area contributed by atoms with Gasteiger partial charge in [0, 0.05) is 31.2 Å². The van der Waals surface area contributed by atoms with E-state index in [9.17, 15) is 19.7 Å². The van der Waals surface area contributed by atoms with Crippen molar-refractivity contribution in [3.8, 4) is 0 Å². The fraction of sp³-hybridized carbons (Fsp3) is 0.286. The number of carbonyl (C=O) groups excluding carboxylic acids is 1. The third-order valence-electron chi connectivity index (χ3n) is 2.62. The highest BCUT2D eigenvalue weighted by Gasteiger charge is 2.04. The van der Waals surface area contributed by atoms with Crippen LogP contribution in [-0.2, 0) is 9.59 Å². The third kappa shape index (κ3) is 6.86. The van der Waals surface area contributed by atoms with E-state index in [1.54, 1.807) is 12.1 Å². The Bertz CT molecular complexity index is 554. The summed E-state index contributed by atoms with van der Waals surface area (Å²) >= 11 is 0. The van der Waals surface area contributed by atoms with Gasteiger partial charge in [0.1, 0.15) is 0 Å². The fourth-order valence-corrected chi connectivity index (χ4v) is 1.59. The van der Waals surface area contributed by atoms with Crippen LogP contribution in [0.1, 0.15) is 24.8 Å². The SMILES string of the molecule is O=C(O)CCCCNC(=O)C=Cc1cccc([N+](=O)[O-])c1. The summed E-state index contributed by atoms with van der Waals surface area (Å²) in [7, 11) is 0. The lowest BCUT2D eigenvalue weighted by molar-refractivity contribution is -0.384. The highest BCUT2D eigenvalue weighted by Crippen LogP contribution is 2.13. The minimum Gasteiger partial charge on any atom is -0.481 e. The maximum Gasteiger partial charge on any atom is 0.303 e. The normalized spacial score (nSPS) is 10.5. The van der Waals surface area contributed by atoms with Gasteiger partial charge in [0.05, 0.1) is 4.92 Å². The van der Waals surface area contributed by atoms with Crippen molar-refractivity contribution in [3.05, 3.63) is 46.0 Å². The third-order valence-corrected chi connectivity index (χ3v) is 2.62. The zero-order valence-electron chi connectivity index (χ0n) is 11.3. The predicted octanol–water partition coefficient (Wildman–Crippen LogP) is 1.98. The fourth-order valence-electron chi connectivity index (χ4n) is 1.59. The Labute approximate surface area is 121 Å². The van der Waals surface area contributed by atoms with Gasteiger partial charge in [0.25, 0.3) is 5.69 Å². The number of rotatable bonds is 8. The number of carboxylic acids is 1. The molecule has 0 aliphatic rings. The number of carboxylic acid groups (broad SMARTS) is 1. The number of unbranched alkanes of at least 4 members (excludes halogenated alkanes) is 1. The first-order valence-electron chi connectivity index (χ1n) is 6.41. The van der Waals surface area contributed by atoms with E-state index >= 15 is 0 Å². The predicted molar refractivity (Wildman–Crippen MR) is 76.6 cm³/mol. The van der Waals surface area contributed by atoms with Crippen LogP contribution in [0.2, 0.25) is 0 Å². The second kappa shape index (κ2) is 8.47. The van der Waals surface area contributed by atoms with Crippen LogP contribution in [0, 0.1) is 10.1 Å². The number of hydrogen-bond donors (Lipinski definition) is 2. The second-order valence-corrected chi connectivity index (χ2v) is 4.33. The van der Waals surface area contributed by atoms with Crippen LogP contribution in [0.3, 0.4) is 0 Å². The molecule has 0 aliphatic carbocycles. The first kappa shape index (κ1) is 16.4. The molecule has 0 saturated carbocycles. The van der Waals surface area contributed by atoms with Crippen LogP contribution >= 0.6 is 0 Å². The summed E-state index contributed by atoms with van der Waals surface area (Å²) in [5.74, 6) is -1.18. The highest BCUT2D eigenvalue weighted by molar-refractivity contribution is 5.91. The molecule has 0 saturated heterocycles. The molecule has 0 fully saturated rings. The van der Waals surface area contributed by atoms with Gasteiger partial charge < -0.3 is 10.4 Å². The van der Waals surface area contributed by atoms with Gasteiger partial charge in [-0.2, -0.15) is 0 Å². The van der Waals surface area contributed by atoms with Gasteiger partial charge in [-0.3, -0.25) is 19.7 Å². The lowest BCUT2D eigenvalue weighted by Crippen LogP contribution is -2.22. The molecular weight excluding hydrogens is 276 g/mol. The van der Waals surface area contributed by atoms with Crippen molar-refractivity contribution in [1.29, 1.82) is 0 Å². The molecular formula is C14H16N2O5. The Morgan fingerprint density at radius 1 is 1.33 bits per heavy atom. The molecule has 7 heteroatoms. The van der Waals surface area contributed by atoms with Crippen LogP contribution in [0.4, 0.5) is 5.69 Å². The number of carbonyl (C=O) groups is 2. The summed E-state index contributed by atoms with van der Waals surface area (Å²) in [5.41, 5.74) is 0.524. The first-order chi connectivity index (χ1) is 9.99. The molecule has 112 valence electrons. The van der Waals surface area contributed by atoms with Crippen LogP contribution in [0.5, 0.6) is 0 Å². The lowest BCUT2D eigenvalue weighted by Gasteiger charge is -2.00. The van der Waals surface area contributed by atoms with Gasteiger partial charge in [-0.15, -0.1) is 0 Å². The van der Waals surface area contributed by atoms with E-state index < -0.39 is 10.9 Å². The number of amides is 1. The van der Waals surface area contributed by atoms with E-state index in [0.717, 1.165) is 0 Å². The summed E-state index contributed by atoms with van der Waals surface area (Å²) in [5, 5.41) is 21.7. The zero-order chi connectivity index (χ0) is 15.7. The summed E-state index contributed by atoms with van der Waals surface area (Å²) in [6.07, 6.45) is 3.95. The van der Waals surface area contributed by atoms with Gasteiger partial charge >= 0.3 is 5.97 Å². The molecule has 1 aromatic carbocycles. The maximum absolute atomic E-state index is 11.5. The van der Waals surface area contributed by atoms with Crippen molar-refractivity contribution in [2.24, 2.45) is 0 Å². The van der Waals surface area contributed by atoms with Crippen LogP contribution in [-0.4, -0.2) is 28.5 Å². The number of nitrogens with one attached hydrogen (secondary N) is 1. The standard InChI is InChI=1S/C14H16N2O5/c17-13(15-9-2-1-6-14(18)19)8-7-11-4-3-5-12(10-11)16(20)21/h3-5,7-8,10H,1-2,6,9H2,(H,15,17)(H,18,19). The Morgan fingerprint density at radius 2 is 2.10 bits per heavy atom. The van der Waals surface area contributed by atoms with Crippen molar-refractivity contribution in [2.75, 3.05) is 6.54 Å². The van der Waals surface area contributed by atoms with Crippen molar-refractivity contribution >= 4 is 23.6 Å². The molecule has 7 nitrogen and oxygen atoms in total. The molecule has 1 rings (SSSR count). The Morgan fingerprint density at radius 3 is 2.76 bits per heavy atom.